The zero-order chi connectivity index (χ0) is 14.4. The minimum absolute atomic E-state index is 0.00321. The summed E-state index contributed by atoms with van der Waals surface area (Å²) in [6.45, 7) is 4.22. The predicted molar refractivity (Wildman–Crippen MR) is 70.8 cm³/mol. The molecule has 0 unspecified atom stereocenters. The summed E-state index contributed by atoms with van der Waals surface area (Å²) in [5, 5.41) is 6.26. The normalized spacial score (nSPS) is 10.1. The maximum Gasteiger partial charge on any atom is 0.319 e. The lowest BCUT2D eigenvalue weighted by Crippen LogP contribution is -2.43. The second kappa shape index (κ2) is 6.77. The van der Waals surface area contributed by atoms with Crippen LogP contribution in [0.25, 0.3) is 0 Å². The van der Waals surface area contributed by atoms with Gasteiger partial charge in [-0.2, -0.15) is 0 Å². The molecule has 0 fully saturated rings. The molecular formula is C12H20N4O3. The predicted octanol–water partition coefficient (Wildman–Crippen LogP) is 1.32. The van der Waals surface area contributed by atoms with Crippen molar-refractivity contribution in [3.8, 4) is 0 Å². The highest BCUT2D eigenvalue weighted by Crippen LogP contribution is 2.07. The number of carbonyl (C=O) groups excluding carboxylic acids is 2. The SMILES string of the molecule is CCCN(CC(=O)Nc1cc(C)on1)C(=O)N(C)C. The number of nitrogens with zero attached hydrogens (tertiary/aromatic N) is 3. The molecule has 3 amide bonds. The molecule has 0 spiro atoms. The fraction of sp³-hybridized carbons (Fsp3) is 0.583. The molecule has 7 nitrogen and oxygen atoms in total. The maximum absolute atomic E-state index is 11.9. The molecule has 0 aliphatic heterocycles. The number of rotatable bonds is 5. The largest absolute Gasteiger partial charge is 0.360 e. The van der Waals surface area contributed by atoms with Crippen LogP contribution in [0.4, 0.5) is 10.6 Å². The van der Waals surface area contributed by atoms with E-state index < -0.39 is 0 Å². The summed E-state index contributed by atoms with van der Waals surface area (Å²) in [5.74, 6) is 0.679. The van der Waals surface area contributed by atoms with E-state index in [1.807, 2.05) is 6.92 Å². The van der Waals surface area contributed by atoms with Crippen LogP contribution in [0.5, 0.6) is 0 Å². The van der Waals surface area contributed by atoms with E-state index in [9.17, 15) is 9.59 Å². The number of aryl methyl sites for hydroxylation is 1. The van der Waals surface area contributed by atoms with E-state index >= 15 is 0 Å². The van der Waals surface area contributed by atoms with Crippen molar-refractivity contribution in [3.63, 3.8) is 0 Å². The van der Waals surface area contributed by atoms with Crippen LogP contribution in [0.15, 0.2) is 10.6 Å². The highest BCUT2D eigenvalue weighted by molar-refractivity contribution is 5.93. The van der Waals surface area contributed by atoms with Crippen molar-refractivity contribution in [2.24, 2.45) is 0 Å². The zero-order valence-corrected chi connectivity index (χ0v) is 11.8. The van der Waals surface area contributed by atoms with Crippen LogP contribution in [0.3, 0.4) is 0 Å². The molecule has 1 aromatic rings. The van der Waals surface area contributed by atoms with Gasteiger partial charge in [0.15, 0.2) is 5.82 Å². The van der Waals surface area contributed by atoms with Gasteiger partial charge in [-0.1, -0.05) is 12.1 Å². The molecule has 7 heteroatoms. The Balaban J connectivity index is 2.58. The van der Waals surface area contributed by atoms with Gasteiger partial charge in [0.2, 0.25) is 5.91 Å². The Morgan fingerprint density at radius 2 is 2.11 bits per heavy atom. The number of urea groups is 1. The smallest absolute Gasteiger partial charge is 0.319 e. The molecule has 1 N–H and O–H groups in total. The maximum atomic E-state index is 11.9. The molecule has 19 heavy (non-hydrogen) atoms. The second-order valence-electron chi connectivity index (χ2n) is 4.47. The van der Waals surface area contributed by atoms with E-state index in [2.05, 4.69) is 10.5 Å². The molecular weight excluding hydrogens is 248 g/mol. The monoisotopic (exact) mass is 268 g/mol. The summed E-state index contributed by atoms with van der Waals surface area (Å²) in [5.41, 5.74) is 0. The zero-order valence-electron chi connectivity index (χ0n) is 11.8. The third-order valence-corrected chi connectivity index (χ3v) is 2.38. The Hall–Kier alpha value is -2.05. The van der Waals surface area contributed by atoms with Crippen LogP contribution in [0, 0.1) is 6.92 Å². The first-order valence-electron chi connectivity index (χ1n) is 6.13. The fourth-order valence-electron chi connectivity index (χ4n) is 1.58. The number of hydrogen-bond donors (Lipinski definition) is 1. The van der Waals surface area contributed by atoms with Gasteiger partial charge in [0.25, 0.3) is 0 Å². The highest BCUT2D eigenvalue weighted by Gasteiger charge is 2.18. The summed E-state index contributed by atoms with van der Waals surface area (Å²) < 4.78 is 4.85. The van der Waals surface area contributed by atoms with Crippen molar-refractivity contribution in [3.05, 3.63) is 11.8 Å². The molecule has 1 aromatic heterocycles. The molecule has 0 saturated heterocycles. The van der Waals surface area contributed by atoms with Crippen LogP contribution in [-0.4, -0.2) is 54.1 Å². The van der Waals surface area contributed by atoms with Gasteiger partial charge in [0.1, 0.15) is 12.3 Å². The molecule has 1 rings (SSSR count). The number of amides is 3. The van der Waals surface area contributed by atoms with E-state index in [1.54, 1.807) is 27.1 Å². The van der Waals surface area contributed by atoms with Crippen molar-refractivity contribution < 1.29 is 14.1 Å². The van der Waals surface area contributed by atoms with Crippen LogP contribution in [0.1, 0.15) is 19.1 Å². The standard InChI is InChI=1S/C12H20N4O3/c1-5-6-16(12(18)15(3)4)8-11(17)13-10-7-9(2)19-14-10/h7H,5-6,8H2,1-4H3,(H,13,14,17). The van der Waals surface area contributed by atoms with Crippen LogP contribution in [-0.2, 0) is 4.79 Å². The lowest BCUT2D eigenvalue weighted by atomic mass is 10.4. The van der Waals surface area contributed by atoms with Crippen LogP contribution >= 0.6 is 0 Å². The topological polar surface area (TPSA) is 78.7 Å². The van der Waals surface area contributed by atoms with Gasteiger partial charge in [-0.05, 0) is 13.3 Å². The van der Waals surface area contributed by atoms with Crippen LogP contribution in [0.2, 0.25) is 0 Å². The quantitative estimate of drug-likeness (QED) is 0.873. The Kier molecular flexibility index (Phi) is 5.35. The van der Waals surface area contributed by atoms with Gasteiger partial charge in [-0.15, -0.1) is 0 Å². The lowest BCUT2D eigenvalue weighted by molar-refractivity contribution is -0.116. The minimum Gasteiger partial charge on any atom is -0.360 e. The third-order valence-electron chi connectivity index (χ3n) is 2.38. The number of carbonyl (C=O) groups is 2. The van der Waals surface area contributed by atoms with Gasteiger partial charge in [-0.25, -0.2) is 4.79 Å². The highest BCUT2D eigenvalue weighted by atomic mass is 16.5. The number of hydrogen-bond acceptors (Lipinski definition) is 4. The first-order chi connectivity index (χ1) is 8.93. The van der Waals surface area contributed by atoms with Gasteiger partial charge in [0.05, 0.1) is 0 Å². The summed E-state index contributed by atoms with van der Waals surface area (Å²) >= 11 is 0. The van der Waals surface area contributed by atoms with Gasteiger partial charge < -0.3 is 19.6 Å². The Bertz CT molecular complexity index is 442. The second-order valence-corrected chi connectivity index (χ2v) is 4.47. The number of aromatic nitrogens is 1. The van der Waals surface area contributed by atoms with E-state index in [-0.39, 0.29) is 18.5 Å². The number of nitrogens with one attached hydrogen (secondary N) is 1. The molecule has 0 saturated carbocycles. The molecule has 106 valence electrons. The van der Waals surface area contributed by atoms with Crippen molar-refractivity contribution >= 4 is 17.8 Å². The summed E-state index contributed by atoms with van der Waals surface area (Å²) in [6.07, 6.45) is 0.788. The third kappa shape index (κ3) is 4.61. The lowest BCUT2D eigenvalue weighted by Gasteiger charge is -2.24. The van der Waals surface area contributed by atoms with Gasteiger partial charge >= 0.3 is 6.03 Å². The Morgan fingerprint density at radius 1 is 1.42 bits per heavy atom. The van der Waals surface area contributed by atoms with E-state index in [4.69, 9.17) is 4.52 Å². The van der Waals surface area contributed by atoms with Crippen molar-refractivity contribution in [1.82, 2.24) is 15.0 Å². The van der Waals surface area contributed by atoms with Crippen molar-refractivity contribution in [1.29, 1.82) is 0 Å². The summed E-state index contributed by atoms with van der Waals surface area (Å²) in [6, 6.07) is 1.43. The van der Waals surface area contributed by atoms with Crippen molar-refractivity contribution in [2.45, 2.75) is 20.3 Å². The first-order valence-corrected chi connectivity index (χ1v) is 6.13. The van der Waals surface area contributed by atoms with Gasteiger partial charge in [-0.3, -0.25) is 4.79 Å². The first kappa shape index (κ1) is 15.0. The van der Waals surface area contributed by atoms with E-state index in [0.717, 1.165) is 6.42 Å². The molecule has 1 heterocycles. The molecule has 0 aromatic carbocycles. The number of anilines is 1. The fourth-order valence-corrected chi connectivity index (χ4v) is 1.58. The molecule has 0 aliphatic carbocycles. The Labute approximate surface area is 112 Å². The molecule has 0 atom stereocenters. The van der Waals surface area contributed by atoms with E-state index in [0.29, 0.717) is 18.1 Å². The van der Waals surface area contributed by atoms with Crippen molar-refractivity contribution in [2.75, 3.05) is 32.5 Å². The molecule has 0 bridgehead atoms. The van der Waals surface area contributed by atoms with Crippen LogP contribution < -0.4 is 5.32 Å². The van der Waals surface area contributed by atoms with Gasteiger partial charge in [0, 0.05) is 26.7 Å². The summed E-state index contributed by atoms with van der Waals surface area (Å²) in [4.78, 5) is 26.6. The minimum atomic E-state index is -0.294. The van der Waals surface area contributed by atoms with E-state index in [1.165, 1.54) is 9.80 Å². The Morgan fingerprint density at radius 3 is 2.58 bits per heavy atom. The summed E-state index contributed by atoms with van der Waals surface area (Å²) in [7, 11) is 3.31. The molecule has 0 aliphatic rings. The average molecular weight is 268 g/mol. The average Bonchev–Trinajstić information content (AvgIpc) is 2.73. The molecule has 0 radical (unpaired) electrons.